The summed E-state index contributed by atoms with van der Waals surface area (Å²) in [5.74, 6) is 0.571. The predicted octanol–water partition coefficient (Wildman–Crippen LogP) is 5.74. The molecule has 2 unspecified atom stereocenters. The Morgan fingerprint density at radius 3 is 2.12 bits per heavy atom. The van der Waals surface area contributed by atoms with E-state index in [0.29, 0.717) is 19.0 Å². The van der Waals surface area contributed by atoms with Crippen LogP contribution in [0.2, 0.25) is 0 Å². The molecule has 5 heteroatoms. The molecule has 0 aliphatic carbocycles. The van der Waals surface area contributed by atoms with E-state index < -0.39 is 0 Å². The second kappa shape index (κ2) is 14.6. The number of amides is 1. The lowest BCUT2D eigenvalue weighted by molar-refractivity contribution is -0.122. The summed E-state index contributed by atoms with van der Waals surface area (Å²) >= 11 is 0. The summed E-state index contributed by atoms with van der Waals surface area (Å²) in [6, 6.07) is 15.4. The number of likely N-dealkylation sites (N-methyl/N-ethyl adjacent to an activating group) is 1. The first kappa shape index (κ1) is 29.4. The molecule has 0 radical (unpaired) electrons. The fourth-order valence-electron chi connectivity index (χ4n) is 4.91. The fourth-order valence-corrected chi connectivity index (χ4v) is 4.91. The first-order valence-corrected chi connectivity index (χ1v) is 12.6. The van der Waals surface area contributed by atoms with Gasteiger partial charge in [-0.1, -0.05) is 90.4 Å². The van der Waals surface area contributed by atoms with Gasteiger partial charge < -0.3 is 10.2 Å². The van der Waals surface area contributed by atoms with Gasteiger partial charge in [0, 0.05) is 12.0 Å². The van der Waals surface area contributed by atoms with E-state index in [9.17, 15) is 4.79 Å². The Bertz CT molecular complexity index is 830. The second-order valence-corrected chi connectivity index (χ2v) is 9.01. The summed E-state index contributed by atoms with van der Waals surface area (Å²) in [4.78, 5) is 17.6. The maximum absolute atomic E-state index is 12.9. The van der Waals surface area contributed by atoms with Gasteiger partial charge in [-0.2, -0.15) is 0 Å². The molecule has 0 aromatic heterocycles. The third-order valence-electron chi connectivity index (χ3n) is 7.51. The number of nitrogens with one attached hydrogen (secondary N) is 1. The van der Waals surface area contributed by atoms with Crippen LogP contribution < -0.4 is 5.32 Å². The van der Waals surface area contributed by atoms with E-state index in [1.165, 1.54) is 16.3 Å². The second-order valence-electron chi connectivity index (χ2n) is 9.01. The molecule has 0 bridgehead atoms. The van der Waals surface area contributed by atoms with Crippen LogP contribution in [0.25, 0.3) is 10.8 Å². The lowest BCUT2D eigenvalue weighted by Crippen LogP contribution is -2.49. The molecule has 2 atom stereocenters. The molecule has 0 heterocycles. The monoisotopic (exact) mass is 475 g/mol. The number of fused-ring (bicyclic) bond motifs is 1. The Labute approximate surface area is 208 Å². The summed E-state index contributed by atoms with van der Waals surface area (Å²) in [7, 11) is 0. The minimum absolute atomic E-state index is 0. The first-order valence-electron chi connectivity index (χ1n) is 12.6. The number of hydrogen-bond donors (Lipinski definition) is 1. The number of benzene rings is 2. The number of carbonyl (C=O) groups excluding carboxylic acids is 1. The Morgan fingerprint density at radius 2 is 1.52 bits per heavy atom. The highest BCUT2D eigenvalue weighted by Crippen LogP contribution is 2.41. The van der Waals surface area contributed by atoms with E-state index in [2.05, 4.69) is 99.1 Å². The maximum atomic E-state index is 12.9. The molecule has 0 saturated carbocycles. The topological polar surface area (TPSA) is 35.6 Å². The zero-order valence-electron chi connectivity index (χ0n) is 21.7. The van der Waals surface area contributed by atoms with Gasteiger partial charge in [-0.25, -0.2) is 0 Å². The van der Waals surface area contributed by atoms with Crippen LogP contribution in [0.3, 0.4) is 0 Å². The van der Waals surface area contributed by atoms with Crippen molar-refractivity contribution in [2.45, 2.75) is 59.8 Å². The minimum atomic E-state index is -0.114. The van der Waals surface area contributed by atoms with Crippen LogP contribution in [0, 0.1) is 5.92 Å². The Balaban J connectivity index is 0.00000544. The van der Waals surface area contributed by atoms with Crippen LogP contribution in [-0.4, -0.2) is 61.5 Å². The van der Waals surface area contributed by atoms with Crippen molar-refractivity contribution in [3.05, 3.63) is 48.0 Å². The van der Waals surface area contributed by atoms with E-state index in [1.54, 1.807) is 0 Å². The van der Waals surface area contributed by atoms with Crippen molar-refractivity contribution in [1.82, 2.24) is 15.1 Å². The summed E-state index contributed by atoms with van der Waals surface area (Å²) < 4.78 is 0. The molecule has 0 spiro atoms. The highest BCUT2D eigenvalue weighted by molar-refractivity contribution is 5.87. The van der Waals surface area contributed by atoms with E-state index in [-0.39, 0.29) is 23.7 Å². The van der Waals surface area contributed by atoms with Gasteiger partial charge in [-0.05, 0) is 61.4 Å². The molecule has 33 heavy (non-hydrogen) atoms. The highest BCUT2D eigenvalue weighted by Gasteiger charge is 2.38. The van der Waals surface area contributed by atoms with Gasteiger partial charge in [-0.3, -0.25) is 9.69 Å². The van der Waals surface area contributed by atoms with Crippen LogP contribution in [0.1, 0.15) is 59.9 Å². The van der Waals surface area contributed by atoms with Crippen molar-refractivity contribution in [3.8, 4) is 0 Å². The van der Waals surface area contributed by atoms with Crippen LogP contribution in [0.4, 0.5) is 0 Å². The lowest BCUT2D eigenvalue weighted by Gasteiger charge is -2.42. The van der Waals surface area contributed by atoms with E-state index in [4.69, 9.17) is 0 Å². The molecule has 2 aromatic carbocycles. The molecule has 4 nitrogen and oxygen atoms in total. The molecule has 1 amide bonds. The van der Waals surface area contributed by atoms with Crippen LogP contribution in [-0.2, 0) is 10.2 Å². The Hall–Kier alpha value is -1.62. The molecule has 2 rings (SSSR count). The summed E-state index contributed by atoms with van der Waals surface area (Å²) in [5, 5.41) is 5.95. The normalized spacial score (nSPS) is 14.2. The third kappa shape index (κ3) is 7.43. The number of hydrogen-bond acceptors (Lipinski definition) is 3. The molecule has 0 fully saturated rings. The predicted molar refractivity (Wildman–Crippen MR) is 146 cm³/mol. The number of rotatable bonds is 14. The van der Waals surface area contributed by atoms with Crippen molar-refractivity contribution in [1.29, 1.82) is 0 Å². The average molecular weight is 476 g/mol. The standard InChI is InChI=1S/C28H45N3O.ClH/c1-7-23(6)28(19-20-30(8-2)9-3,22-29-27(32)21-31(10-4)11-5)26-18-14-16-24-15-12-13-17-25(24)26;/h12-18,23H,7-11,19-22H2,1-6H3,(H,29,32);1H. The zero-order chi connectivity index (χ0) is 23.6. The minimum Gasteiger partial charge on any atom is -0.354 e. The van der Waals surface area contributed by atoms with E-state index in [0.717, 1.165) is 45.6 Å². The van der Waals surface area contributed by atoms with Crippen molar-refractivity contribution in [2.75, 3.05) is 45.8 Å². The first-order chi connectivity index (χ1) is 15.4. The molecule has 0 saturated heterocycles. The number of nitrogens with zero attached hydrogens (tertiary/aromatic N) is 2. The Kier molecular flexibility index (Phi) is 13.0. The van der Waals surface area contributed by atoms with Gasteiger partial charge in [0.1, 0.15) is 0 Å². The molecular formula is C28H46ClN3O. The van der Waals surface area contributed by atoms with Crippen molar-refractivity contribution < 1.29 is 4.79 Å². The van der Waals surface area contributed by atoms with Crippen LogP contribution in [0.5, 0.6) is 0 Å². The van der Waals surface area contributed by atoms with Crippen molar-refractivity contribution in [3.63, 3.8) is 0 Å². The molecule has 0 aliphatic heterocycles. The van der Waals surface area contributed by atoms with Gasteiger partial charge in [0.15, 0.2) is 0 Å². The van der Waals surface area contributed by atoms with Gasteiger partial charge in [-0.15, -0.1) is 12.4 Å². The van der Waals surface area contributed by atoms with Crippen molar-refractivity contribution in [2.24, 2.45) is 5.92 Å². The number of carbonyl (C=O) groups is 1. The van der Waals surface area contributed by atoms with Gasteiger partial charge in [0.05, 0.1) is 6.54 Å². The number of halogens is 1. The highest BCUT2D eigenvalue weighted by atomic mass is 35.5. The molecular weight excluding hydrogens is 430 g/mol. The quantitative estimate of drug-likeness (QED) is 0.378. The molecule has 2 aromatic rings. The summed E-state index contributed by atoms with van der Waals surface area (Å²) in [6.07, 6.45) is 2.11. The van der Waals surface area contributed by atoms with Crippen molar-refractivity contribution >= 4 is 29.1 Å². The fraction of sp³-hybridized carbons (Fsp3) is 0.607. The molecule has 186 valence electrons. The average Bonchev–Trinajstić information content (AvgIpc) is 2.84. The zero-order valence-corrected chi connectivity index (χ0v) is 22.5. The smallest absolute Gasteiger partial charge is 0.234 e. The third-order valence-corrected chi connectivity index (χ3v) is 7.51. The van der Waals surface area contributed by atoms with Gasteiger partial charge in [0.2, 0.25) is 5.91 Å². The van der Waals surface area contributed by atoms with Crippen LogP contribution in [0.15, 0.2) is 42.5 Å². The lowest BCUT2D eigenvalue weighted by atomic mass is 9.66. The maximum Gasteiger partial charge on any atom is 0.234 e. The SMILES string of the molecule is CCC(C)C(CCN(CC)CC)(CNC(=O)CN(CC)CC)c1cccc2ccccc12.Cl. The van der Waals surface area contributed by atoms with Gasteiger partial charge in [0.25, 0.3) is 0 Å². The van der Waals surface area contributed by atoms with Crippen LogP contribution >= 0.6 is 12.4 Å². The largest absolute Gasteiger partial charge is 0.354 e. The Morgan fingerprint density at radius 1 is 0.909 bits per heavy atom. The van der Waals surface area contributed by atoms with E-state index >= 15 is 0 Å². The summed E-state index contributed by atoms with van der Waals surface area (Å²) in [5.41, 5.74) is 1.26. The molecule has 0 aliphatic rings. The van der Waals surface area contributed by atoms with Gasteiger partial charge >= 0.3 is 0 Å². The summed E-state index contributed by atoms with van der Waals surface area (Å²) in [6.45, 7) is 19.4. The van der Waals surface area contributed by atoms with E-state index in [1.807, 2.05) is 0 Å². The molecule has 1 N–H and O–H groups in total.